The van der Waals surface area contributed by atoms with Crippen LogP contribution in [0.5, 0.6) is 0 Å². The van der Waals surface area contributed by atoms with Gasteiger partial charge in [0.2, 0.25) is 0 Å². The van der Waals surface area contributed by atoms with Gasteiger partial charge in [-0.1, -0.05) is 26.0 Å². The number of hydrogen-bond donors (Lipinski definition) is 1. The molecule has 2 aromatic rings. The van der Waals surface area contributed by atoms with Gasteiger partial charge in [0.15, 0.2) is 0 Å². The lowest BCUT2D eigenvalue weighted by molar-refractivity contribution is 0.723. The second kappa shape index (κ2) is 5.12. The number of hydrogen-bond acceptors (Lipinski definition) is 4. The molecule has 18 heavy (non-hydrogen) atoms. The number of nitrogens with two attached hydrogens (primary N) is 1. The van der Waals surface area contributed by atoms with Crippen molar-refractivity contribution in [3.8, 4) is 0 Å². The molecule has 4 heteroatoms. The van der Waals surface area contributed by atoms with Crippen LogP contribution in [0.15, 0.2) is 24.3 Å². The number of aryl methyl sites for hydroxylation is 1. The highest BCUT2D eigenvalue weighted by molar-refractivity contribution is 5.41. The Morgan fingerprint density at radius 1 is 1.17 bits per heavy atom. The van der Waals surface area contributed by atoms with E-state index in [-0.39, 0.29) is 0 Å². The van der Waals surface area contributed by atoms with Gasteiger partial charge in [0.05, 0.1) is 0 Å². The van der Waals surface area contributed by atoms with Crippen molar-refractivity contribution in [1.82, 2.24) is 15.0 Å². The zero-order chi connectivity index (χ0) is 13.1. The Kier molecular flexibility index (Phi) is 3.55. The molecule has 0 spiro atoms. The molecule has 0 unspecified atom stereocenters. The van der Waals surface area contributed by atoms with Crippen LogP contribution in [0.25, 0.3) is 0 Å². The summed E-state index contributed by atoms with van der Waals surface area (Å²) in [4.78, 5) is 13.2. The van der Waals surface area contributed by atoms with Crippen molar-refractivity contribution in [1.29, 1.82) is 0 Å². The second-order valence-corrected chi connectivity index (χ2v) is 4.73. The highest BCUT2D eigenvalue weighted by Crippen LogP contribution is 2.13. The van der Waals surface area contributed by atoms with E-state index in [1.807, 2.05) is 31.2 Å². The van der Waals surface area contributed by atoms with E-state index in [0.29, 0.717) is 12.3 Å². The summed E-state index contributed by atoms with van der Waals surface area (Å²) < 4.78 is 0. The summed E-state index contributed by atoms with van der Waals surface area (Å²) in [5, 5.41) is 0. The van der Waals surface area contributed by atoms with E-state index in [0.717, 1.165) is 28.7 Å². The molecular formula is C14H18N4. The first-order valence-corrected chi connectivity index (χ1v) is 6.10. The molecule has 2 N–H and O–H groups in total. The molecule has 4 nitrogen and oxygen atoms in total. The van der Waals surface area contributed by atoms with E-state index in [1.54, 1.807) is 0 Å². The first kappa shape index (κ1) is 12.5. The molecule has 0 aliphatic carbocycles. The Labute approximate surface area is 107 Å². The molecule has 0 atom stereocenters. The molecule has 1 heterocycles. The summed E-state index contributed by atoms with van der Waals surface area (Å²) in [5.41, 5.74) is 7.65. The summed E-state index contributed by atoms with van der Waals surface area (Å²) in [6, 6.07) is 7.81. The standard InChI is InChI=1S/C14H18N4/c1-9(2)14-17-10(3)16-13(18-14)8-11-5-4-6-12(15)7-11/h4-7,9H,8,15H2,1-3H3. The Hall–Kier alpha value is -1.97. The molecule has 1 aromatic carbocycles. The van der Waals surface area contributed by atoms with Crippen molar-refractivity contribution in [3.05, 3.63) is 47.3 Å². The van der Waals surface area contributed by atoms with E-state index < -0.39 is 0 Å². The van der Waals surface area contributed by atoms with Crippen LogP contribution in [-0.2, 0) is 6.42 Å². The smallest absolute Gasteiger partial charge is 0.136 e. The molecular weight excluding hydrogens is 224 g/mol. The van der Waals surface area contributed by atoms with Crippen molar-refractivity contribution in [2.45, 2.75) is 33.1 Å². The number of rotatable bonds is 3. The highest BCUT2D eigenvalue weighted by atomic mass is 15.0. The predicted molar refractivity (Wildman–Crippen MR) is 72.3 cm³/mol. The molecule has 94 valence electrons. The molecule has 0 aliphatic rings. The lowest BCUT2D eigenvalue weighted by Crippen LogP contribution is -2.07. The lowest BCUT2D eigenvalue weighted by atomic mass is 10.1. The van der Waals surface area contributed by atoms with Crippen molar-refractivity contribution >= 4 is 5.69 Å². The Morgan fingerprint density at radius 3 is 2.61 bits per heavy atom. The van der Waals surface area contributed by atoms with Gasteiger partial charge in [0, 0.05) is 18.0 Å². The van der Waals surface area contributed by atoms with Gasteiger partial charge in [0.1, 0.15) is 17.5 Å². The average Bonchev–Trinajstić information content (AvgIpc) is 2.28. The molecule has 0 radical (unpaired) electrons. The fourth-order valence-electron chi connectivity index (χ4n) is 1.78. The van der Waals surface area contributed by atoms with Crippen LogP contribution in [0.3, 0.4) is 0 Å². The number of benzene rings is 1. The molecule has 0 aliphatic heterocycles. The Balaban J connectivity index is 2.29. The molecule has 2 rings (SSSR count). The SMILES string of the molecule is Cc1nc(Cc2cccc(N)c2)nc(C(C)C)n1. The van der Waals surface area contributed by atoms with Gasteiger partial charge in [-0.15, -0.1) is 0 Å². The van der Waals surface area contributed by atoms with Crippen molar-refractivity contribution < 1.29 is 0 Å². The molecule has 0 fully saturated rings. The third-order valence-electron chi connectivity index (χ3n) is 2.64. The van der Waals surface area contributed by atoms with Gasteiger partial charge < -0.3 is 5.73 Å². The number of anilines is 1. The zero-order valence-corrected chi connectivity index (χ0v) is 11.0. The summed E-state index contributed by atoms with van der Waals surface area (Å²) >= 11 is 0. The topological polar surface area (TPSA) is 64.7 Å². The van der Waals surface area contributed by atoms with Crippen LogP contribution in [0, 0.1) is 6.92 Å². The van der Waals surface area contributed by atoms with Crippen molar-refractivity contribution in [2.75, 3.05) is 5.73 Å². The molecule has 0 saturated carbocycles. The summed E-state index contributed by atoms with van der Waals surface area (Å²) in [6.45, 7) is 6.06. The van der Waals surface area contributed by atoms with Gasteiger partial charge in [-0.2, -0.15) is 0 Å². The summed E-state index contributed by atoms with van der Waals surface area (Å²) in [6.07, 6.45) is 0.689. The highest BCUT2D eigenvalue weighted by Gasteiger charge is 2.08. The predicted octanol–water partition coefficient (Wildman–Crippen LogP) is 2.48. The minimum Gasteiger partial charge on any atom is -0.399 e. The molecule has 1 aromatic heterocycles. The normalized spacial score (nSPS) is 10.9. The van der Waals surface area contributed by atoms with Crippen LogP contribution < -0.4 is 5.73 Å². The maximum Gasteiger partial charge on any atom is 0.136 e. The number of aromatic nitrogens is 3. The Bertz CT molecular complexity index is 549. The average molecular weight is 242 g/mol. The lowest BCUT2D eigenvalue weighted by Gasteiger charge is -2.07. The second-order valence-electron chi connectivity index (χ2n) is 4.73. The maximum atomic E-state index is 5.77. The first-order chi connectivity index (χ1) is 8.54. The minimum atomic E-state index is 0.311. The molecule has 0 amide bonds. The fourth-order valence-corrected chi connectivity index (χ4v) is 1.78. The van der Waals surface area contributed by atoms with Gasteiger partial charge in [-0.3, -0.25) is 0 Å². The Morgan fingerprint density at radius 2 is 1.94 bits per heavy atom. The summed E-state index contributed by atoms with van der Waals surface area (Å²) in [5.74, 6) is 2.73. The van der Waals surface area contributed by atoms with Gasteiger partial charge >= 0.3 is 0 Å². The summed E-state index contributed by atoms with van der Waals surface area (Å²) in [7, 11) is 0. The molecule has 0 saturated heterocycles. The largest absolute Gasteiger partial charge is 0.399 e. The monoisotopic (exact) mass is 242 g/mol. The maximum absolute atomic E-state index is 5.77. The van der Waals surface area contributed by atoms with Crippen LogP contribution in [0.2, 0.25) is 0 Å². The van der Waals surface area contributed by atoms with Crippen molar-refractivity contribution in [2.24, 2.45) is 0 Å². The van der Waals surface area contributed by atoms with E-state index in [9.17, 15) is 0 Å². The first-order valence-electron chi connectivity index (χ1n) is 6.10. The quantitative estimate of drug-likeness (QED) is 0.840. The van der Waals surface area contributed by atoms with E-state index in [4.69, 9.17) is 5.73 Å². The van der Waals surface area contributed by atoms with Gasteiger partial charge in [-0.05, 0) is 24.6 Å². The number of nitrogens with zero attached hydrogens (tertiary/aromatic N) is 3. The fraction of sp³-hybridized carbons (Fsp3) is 0.357. The third-order valence-corrected chi connectivity index (χ3v) is 2.64. The van der Waals surface area contributed by atoms with E-state index in [2.05, 4.69) is 28.8 Å². The van der Waals surface area contributed by atoms with Crippen LogP contribution in [-0.4, -0.2) is 15.0 Å². The van der Waals surface area contributed by atoms with E-state index in [1.165, 1.54) is 0 Å². The third kappa shape index (κ3) is 3.03. The van der Waals surface area contributed by atoms with Crippen LogP contribution >= 0.6 is 0 Å². The van der Waals surface area contributed by atoms with Gasteiger partial charge in [-0.25, -0.2) is 15.0 Å². The minimum absolute atomic E-state index is 0.311. The zero-order valence-electron chi connectivity index (χ0n) is 11.0. The molecule has 0 bridgehead atoms. The van der Waals surface area contributed by atoms with Crippen molar-refractivity contribution in [3.63, 3.8) is 0 Å². The number of nitrogen functional groups attached to an aromatic ring is 1. The van der Waals surface area contributed by atoms with Crippen LogP contribution in [0.4, 0.5) is 5.69 Å². The van der Waals surface area contributed by atoms with E-state index >= 15 is 0 Å². The van der Waals surface area contributed by atoms with Crippen LogP contribution in [0.1, 0.15) is 42.8 Å². The van der Waals surface area contributed by atoms with Gasteiger partial charge in [0.25, 0.3) is 0 Å².